The van der Waals surface area contributed by atoms with Crippen LogP contribution in [0.5, 0.6) is 0 Å². The normalized spacial score (nSPS) is 40.7. The molecule has 0 saturated carbocycles. The van der Waals surface area contributed by atoms with Crippen molar-refractivity contribution in [2.45, 2.75) is 285 Å². The average molecular weight is 1100 g/mol. The summed E-state index contributed by atoms with van der Waals surface area (Å²) in [7, 11) is -2.67. The summed E-state index contributed by atoms with van der Waals surface area (Å²) >= 11 is 0. The molecule has 14 nitrogen and oxygen atoms in total. The Kier molecular flexibility index (Phi) is 17.3. The number of Topliss-reactive ketones (excluding diaryl/α,β-unsaturated/α-hetero) is 1. The first kappa shape index (κ1) is 58.7. The number of rotatable bonds is 10. The molecular weight excluding hydrogens is 1000 g/mol. The monoisotopic (exact) mass is 1100 g/mol. The number of hydrogen-bond donors (Lipinski definition) is 1. The molecule has 19 atom stereocenters. The van der Waals surface area contributed by atoms with Gasteiger partial charge in [-0.25, -0.2) is 4.79 Å². The lowest BCUT2D eigenvalue weighted by Gasteiger charge is -2.48. The Morgan fingerprint density at radius 1 is 0.776 bits per heavy atom. The molecule has 9 saturated heterocycles. The summed E-state index contributed by atoms with van der Waals surface area (Å²) < 4.78 is 76.1. The van der Waals surface area contributed by atoms with Gasteiger partial charge in [-0.3, -0.25) is 4.79 Å². The van der Waals surface area contributed by atoms with Crippen LogP contribution in [0.4, 0.5) is 0 Å². The number of fused-ring (bicyclic) bond motifs is 4. The van der Waals surface area contributed by atoms with Gasteiger partial charge < -0.3 is 56.6 Å². The number of ketones is 1. The molecule has 0 aromatic heterocycles. The first-order valence-electron chi connectivity index (χ1n) is 29.2. The smallest absolute Gasteiger partial charge is 0.338 e. The highest BCUT2D eigenvalue weighted by Gasteiger charge is 2.69. The third-order valence-electron chi connectivity index (χ3n) is 20.4. The predicted octanol–water partition coefficient (Wildman–Crippen LogP) is 10.8. The SMILES string of the molecule is C=C1C[C@@H](OC(=O)c2ccccc2)CC[C@@]23CC4O[C@H]5[C@@H](O2)[C@H]2O[C@H](CC[C@@H]2O[C@H]5[C@H]4O3)CC(=O)CC2[C@H](C[C@H]3OC(CC[C@H]1O)C[C@@H](C)C3(C)C)O[C@H](CC(CO[Si](C)(C)C(C)(C)C)O[Si](C)(C)C(C)(C)C)[C@@H]2OC. The fraction of sp³-hybridized carbons (Fsp3) is 0.833. The average Bonchev–Trinajstić information content (AvgIpc) is 3.99. The Balaban J connectivity index is 1.01. The second-order valence-electron chi connectivity index (χ2n) is 28.0. The first-order chi connectivity index (χ1) is 35.6. The van der Waals surface area contributed by atoms with Crippen molar-refractivity contribution >= 4 is 28.4 Å². The maximum absolute atomic E-state index is 14.9. The molecule has 10 bridgehead atoms. The van der Waals surface area contributed by atoms with Gasteiger partial charge in [-0.05, 0) is 104 Å². The summed E-state index contributed by atoms with van der Waals surface area (Å²) in [4.78, 5) is 28.6. The summed E-state index contributed by atoms with van der Waals surface area (Å²) in [5, 5.41) is 11.9. The van der Waals surface area contributed by atoms with E-state index >= 15 is 0 Å². The van der Waals surface area contributed by atoms with E-state index in [0.717, 1.165) is 12.8 Å². The van der Waals surface area contributed by atoms with E-state index in [9.17, 15) is 14.7 Å². The molecule has 0 radical (unpaired) electrons. The lowest BCUT2D eigenvalue weighted by atomic mass is 9.68. The van der Waals surface area contributed by atoms with Crippen molar-refractivity contribution < 1.29 is 66.2 Å². The molecule has 9 aliphatic heterocycles. The molecule has 76 heavy (non-hydrogen) atoms. The van der Waals surface area contributed by atoms with Crippen molar-refractivity contribution in [3.8, 4) is 0 Å². The number of ether oxygens (including phenoxy) is 9. The van der Waals surface area contributed by atoms with Gasteiger partial charge in [-0.15, -0.1) is 0 Å². The maximum Gasteiger partial charge on any atom is 0.338 e. The molecule has 1 spiro atoms. The van der Waals surface area contributed by atoms with Gasteiger partial charge in [-0.1, -0.05) is 87.1 Å². The van der Waals surface area contributed by atoms with Crippen molar-refractivity contribution in [3.63, 3.8) is 0 Å². The number of hydrogen-bond acceptors (Lipinski definition) is 14. The molecule has 0 amide bonds. The van der Waals surface area contributed by atoms with Crippen LogP contribution in [0.3, 0.4) is 0 Å². The number of aliphatic hydroxyl groups excluding tert-OH is 1. The number of carbonyl (C=O) groups excluding carboxylic acids is 2. The van der Waals surface area contributed by atoms with Crippen LogP contribution >= 0.6 is 0 Å². The van der Waals surface area contributed by atoms with Gasteiger partial charge >= 0.3 is 5.97 Å². The van der Waals surface area contributed by atoms with E-state index in [1.54, 1.807) is 19.2 Å². The zero-order valence-electron chi connectivity index (χ0n) is 48.6. The van der Waals surface area contributed by atoms with Crippen molar-refractivity contribution in [2.75, 3.05) is 13.7 Å². The van der Waals surface area contributed by atoms with E-state index in [-0.39, 0.29) is 120 Å². The summed E-state index contributed by atoms with van der Waals surface area (Å²) in [6, 6.07) is 8.99. The van der Waals surface area contributed by atoms with Crippen molar-refractivity contribution in [2.24, 2.45) is 17.3 Å². The second-order valence-corrected chi connectivity index (χ2v) is 37.6. The quantitative estimate of drug-likeness (QED) is 0.134. The lowest BCUT2D eigenvalue weighted by Crippen LogP contribution is -2.61. The maximum atomic E-state index is 14.9. The standard InChI is InChI=1S/C60H96O14Si2/c1-35-27-41(68-56(63)37-19-17-16-18-20-37)25-26-60-33-48-52(72-60)53-54(71-48)55(73-60)51-45(70-53)24-22-40(67-51)29-38(61)30-43-46(32-49-59(9,10)36(2)28-39(66-49)21-23-44(35)62)69-47(50(43)64-11)31-42(74-76(14,15)58(6,7)8)34-65-75(12,13)57(3,4)5/h16-20,36,39-55,62H,1,21-34H2,2-15H3/t36-,39?,40-,41+,42?,43?,44-,45+,46+,47-,48?,49-,50-,51+,52+,53+,54-,55+,60+/m1/s1. The van der Waals surface area contributed by atoms with E-state index in [1.165, 1.54) is 0 Å². The summed E-state index contributed by atoms with van der Waals surface area (Å²) in [5.74, 6) is -1.32. The van der Waals surface area contributed by atoms with Crippen LogP contribution in [-0.2, 0) is 56.3 Å². The summed E-state index contributed by atoms with van der Waals surface area (Å²) in [6.45, 7) is 34.5. The van der Waals surface area contributed by atoms with Crippen LogP contribution in [0.15, 0.2) is 42.5 Å². The second kappa shape index (κ2) is 22.4. The Bertz CT molecular complexity index is 2190. The van der Waals surface area contributed by atoms with Crippen LogP contribution in [0.2, 0.25) is 36.3 Å². The van der Waals surface area contributed by atoms with Crippen molar-refractivity contribution in [1.82, 2.24) is 0 Å². The Hall–Kier alpha value is -1.91. The van der Waals surface area contributed by atoms with Crippen LogP contribution in [-0.4, -0.2) is 151 Å². The van der Waals surface area contributed by atoms with E-state index in [0.29, 0.717) is 75.0 Å². The van der Waals surface area contributed by atoms with Gasteiger partial charge in [0, 0.05) is 58.0 Å². The molecule has 9 fully saturated rings. The largest absolute Gasteiger partial charge is 0.458 e. The third kappa shape index (κ3) is 12.3. The van der Waals surface area contributed by atoms with Crippen molar-refractivity contribution in [3.05, 3.63) is 48.0 Å². The number of methoxy groups -OCH3 is 1. The predicted molar refractivity (Wildman–Crippen MR) is 294 cm³/mol. The molecule has 9 heterocycles. The molecule has 1 aromatic rings. The van der Waals surface area contributed by atoms with Crippen LogP contribution < -0.4 is 0 Å². The number of aliphatic hydroxyl groups is 1. The fourth-order valence-corrected chi connectivity index (χ4v) is 15.6. The Morgan fingerprint density at radius 3 is 2.14 bits per heavy atom. The number of esters is 1. The van der Waals surface area contributed by atoms with Gasteiger partial charge in [0.1, 0.15) is 42.4 Å². The van der Waals surface area contributed by atoms with Crippen LogP contribution in [0.1, 0.15) is 156 Å². The highest BCUT2D eigenvalue weighted by molar-refractivity contribution is 6.74. The first-order valence-corrected chi connectivity index (χ1v) is 35.0. The van der Waals surface area contributed by atoms with Crippen LogP contribution in [0, 0.1) is 17.3 Å². The van der Waals surface area contributed by atoms with Crippen molar-refractivity contribution in [1.29, 1.82) is 0 Å². The summed E-state index contributed by atoms with van der Waals surface area (Å²) in [6.07, 6.45) is 0.657. The van der Waals surface area contributed by atoms with Gasteiger partial charge in [0.15, 0.2) is 22.4 Å². The minimum absolute atomic E-state index is 0.0241. The molecule has 0 aliphatic carbocycles. The summed E-state index contributed by atoms with van der Waals surface area (Å²) in [5.41, 5.74) is 0.833. The Labute approximate surface area is 457 Å². The van der Waals surface area contributed by atoms with E-state index in [2.05, 4.69) is 95.1 Å². The number of benzene rings is 1. The van der Waals surface area contributed by atoms with Crippen LogP contribution in [0.25, 0.3) is 0 Å². The molecule has 1 aromatic carbocycles. The highest BCUT2D eigenvalue weighted by Crippen LogP contribution is 2.55. The number of carbonyl (C=O) groups is 2. The molecule has 9 aliphatic rings. The van der Waals surface area contributed by atoms with E-state index in [1.807, 2.05) is 18.2 Å². The van der Waals surface area contributed by atoms with Gasteiger partial charge in [0.2, 0.25) is 0 Å². The minimum atomic E-state index is -2.28. The lowest BCUT2D eigenvalue weighted by molar-refractivity contribution is -0.292. The molecule has 16 heteroatoms. The molecule has 4 unspecified atom stereocenters. The zero-order chi connectivity index (χ0) is 54.9. The van der Waals surface area contributed by atoms with Gasteiger partial charge in [0.25, 0.3) is 0 Å². The highest BCUT2D eigenvalue weighted by atomic mass is 28.4. The zero-order valence-corrected chi connectivity index (χ0v) is 50.6. The molecule has 1 N–H and O–H groups in total. The molecule has 10 rings (SSSR count). The van der Waals surface area contributed by atoms with E-state index < -0.39 is 52.8 Å². The van der Waals surface area contributed by atoms with Gasteiger partial charge in [-0.2, -0.15) is 0 Å². The third-order valence-corrected chi connectivity index (χ3v) is 29.4. The molecular formula is C60H96O14Si2. The van der Waals surface area contributed by atoms with Gasteiger partial charge in [0.05, 0.1) is 73.2 Å². The topological polar surface area (TPSA) is 156 Å². The molecule has 428 valence electrons. The minimum Gasteiger partial charge on any atom is -0.458 e. The Morgan fingerprint density at radius 2 is 1.45 bits per heavy atom. The van der Waals surface area contributed by atoms with E-state index in [4.69, 9.17) is 51.5 Å². The fourth-order valence-electron chi connectivity index (χ4n) is 13.2.